The van der Waals surface area contributed by atoms with Crippen LogP contribution in [0.25, 0.3) is 22.3 Å². The van der Waals surface area contributed by atoms with E-state index in [1.54, 1.807) is 12.1 Å². The van der Waals surface area contributed by atoms with Gasteiger partial charge in [-0.1, -0.05) is 36.4 Å². The Hall–Kier alpha value is -3.14. The Morgan fingerprint density at radius 3 is 1.32 bits per heavy atom. The summed E-state index contributed by atoms with van der Waals surface area (Å²) in [6.07, 6.45) is 0. The maximum Gasteiger partial charge on any atom is 0.269 e. The number of hydrogen-bond acceptors (Lipinski definition) is 3. The summed E-state index contributed by atoms with van der Waals surface area (Å²) in [6, 6.07) is 22.3. The zero-order chi connectivity index (χ0) is 15.5. The summed E-state index contributed by atoms with van der Waals surface area (Å²) in [6.45, 7) is 0. The molecule has 0 saturated heterocycles. The van der Waals surface area contributed by atoms with Gasteiger partial charge in [-0.15, -0.1) is 0 Å². The number of benzene rings is 3. The molecular weight excluding hydrogens is 276 g/mol. The van der Waals surface area contributed by atoms with Gasteiger partial charge in [-0.3, -0.25) is 10.1 Å². The van der Waals surface area contributed by atoms with E-state index in [2.05, 4.69) is 0 Å². The van der Waals surface area contributed by atoms with E-state index in [9.17, 15) is 10.1 Å². The van der Waals surface area contributed by atoms with Crippen LogP contribution < -0.4 is 5.73 Å². The maximum absolute atomic E-state index is 10.7. The summed E-state index contributed by atoms with van der Waals surface area (Å²) in [5, 5.41) is 10.7. The molecule has 3 aromatic carbocycles. The second-order valence-corrected chi connectivity index (χ2v) is 5.00. The molecule has 0 unspecified atom stereocenters. The van der Waals surface area contributed by atoms with Crippen molar-refractivity contribution in [1.82, 2.24) is 0 Å². The zero-order valence-corrected chi connectivity index (χ0v) is 11.8. The molecule has 22 heavy (non-hydrogen) atoms. The first-order chi connectivity index (χ1) is 10.6. The molecule has 0 aliphatic carbocycles. The minimum Gasteiger partial charge on any atom is -0.399 e. The van der Waals surface area contributed by atoms with Gasteiger partial charge in [0, 0.05) is 17.8 Å². The molecule has 108 valence electrons. The highest BCUT2D eigenvalue weighted by Crippen LogP contribution is 2.26. The van der Waals surface area contributed by atoms with Gasteiger partial charge in [0.15, 0.2) is 0 Å². The van der Waals surface area contributed by atoms with E-state index in [4.69, 9.17) is 5.73 Å². The van der Waals surface area contributed by atoms with Crippen molar-refractivity contribution in [3.8, 4) is 22.3 Å². The van der Waals surface area contributed by atoms with Crippen molar-refractivity contribution in [2.45, 2.75) is 0 Å². The van der Waals surface area contributed by atoms with Gasteiger partial charge in [0.25, 0.3) is 5.69 Å². The number of nitro benzene ring substituents is 1. The summed E-state index contributed by atoms with van der Waals surface area (Å²) in [7, 11) is 0. The Morgan fingerprint density at radius 2 is 0.955 bits per heavy atom. The summed E-state index contributed by atoms with van der Waals surface area (Å²) in [5.74, 6) is 0. The number of non-ortho nitro benzene ring substituents is 1. The van der Waals surface area contributed by atoms with Gasteiger partial charge < -0.3 is 5.73 Å². The van der Waals surface area contributed by atoms with E-state index in [-0.39, 0.29) is 5.69 Å². The lowest BCUT2D eigenvalue weighted by Gasteiger charge is -2.05. The third-order valence-corrected chi connectivity index (χ3v) is 3.54. The number of nitrogen functional groups attached to an aromatic ring is 1. The largest absolute Gasteiger partial charge is 0.399 e. The lowest BCUT2D eigenvalue weighted by atomic mass is 10.00. The fourth-order valence-corrected chi connectivity index (χ4v) is 2.31. The summed E-state index contributed by atoms with van der Waals surface area (Å²) in [4.78, 5) is 10.3. The van der Waals surface area contributed by atoms with Crippen LogP contribution in [0.15, 0.2) is 72.8 Å². The molecule has 3 rings (SSSR count). The van der Waals surface area contributed by atoms with E-state index >= 15 is 0 Å². The molecule has 0 atom stereocenters. The molecule has 3 aromatic rings. The molecule has 0 spiro atoms. The highest BCUT2D eigenvalue weighted by molar-refractivity contribution is 5.71. The van der Waals surface area contributed by atoms with E-state index in [1.807, 2.05) is 48.5 Å². The molecule has 0 heterocycles. The van der Waals surface area contributed by atoms with Crippen molar-refractivity contribution in [1.29, 1.82) is 0 Å². The molecule has 0 fully saturated rings. The zero-order valence-electron chi connectivity index (χ0n) is 11.8. The molecule has 2 N–H and O–H groups in total. The minimum absolute atomic E-state index is 0.0993. The first-order valence-corrected chi connectivity index (χ1v) is 6.84. The quantitative estimate of drug-likeness (QED) is 0.438. The molecule has 4 heteroatoms. The van der Waals surface area contributed by atoms with Crippen LogP contribution in [-0.4, -0.2) is 4.92 Å². The molecule has 0 amide bonds. The van der Waals surface area contributed by atoms with Crippen LogP contribution in [0, 0.1) is 10.1 Å². The van der Waals surface area contributed by atoms with Crippen LogP contribution in [0.4, 0.5) is 11.4 Å². The van der Waals surface area contributed by atoms with Crippen LogP contribution in [0.2, 0.25) is 0 Å². The van der Waals surface area contributed by atoms with Crippen molar-refractivity contribution in [3.05, 3.63) is 82.9 Å². The maximum atomic E-state index is 10.7. The predicted molar refractivity (Wildman–Crippen MR) is 88.4 cm³/mol. The third kappa shape index (κ3) is 2.81. The number of nitrogens with zero attached hydrogens (tertiary/aromatic N) is 1. The van der Waals surface area contributed by atoms with Gasteiger partial charge in [0.05, 0.1) is 4.92 Å². The smallest absolute Gasteiger partial charge is 0.269 e. The normalized spacial score (nSPS) is 10.4. The number of hydrogen-bond donors (Lipinski definition) is 1. The van der Waals surface area contributed by atoms with Crippen LogP contribution in [0.3, 0.4) is 0 Å². The van der Waals surface area contributed by atoms with Crippen LogP contribution in [0.1, 0.15) is 0 Å². The second-order valence-electron chi connectivity index (χ2n) is 5.00. The average molecular weight is 290 g/mol. The third-order valence-electron chi connectivity index (χ3n) is 3.54. The number of anilines is 1. The fourth-order valence-electron chi connectivity index (χ4n) is 2.31. The average Bonchev–Trinajstić information content (AvgIpc) is 2.56. The summed E-state index contributed by atoms with van der Waals surface area (Å²) >= 11 is 0. The van der Waals surface area contributed by atoms with Crippen molar-refractivity contribution in [3.63, 3.8) is 0 Å². The van der Waals surface area contributed by atoms with Gasteiger partial charge >= 0.3 is 0 Å². The van der Waals surface area contributed by atoms with E-state index in [0.717, 1.165) is 27.9 Å². The molecular formula is C18H14N2O2. The highest BCUT2D eigenvalue weighted by atomic mass is 16.6. The predicted octanol–water partition coefficient (Wildman–Crippen LogP) is 4.51. The molecule has 4 nitrogen and oxygen atoms in total. The Balaban J connectivity index is 1.87. The topological polar surface area (TPSA) is 69.2 Å². The molecule has 0 aliphatic rings. The van der Waals surface area contributed by atoms with Gasteiger partial charge in [0.1, 0.15) is 0 Å². The van der Waals surface area contributed by atoms with Crippen molar-refractivity contribution in [2.75, 3.05) is 5.73 Å². The molecule has 0 saturated carbocycles. The van der Waals surface area contributed by atoms with Crippen LogP contribution >= 0.6 is 0 Å². The fraction of sp³-hybridized carbons (Fsp3) is 0. The number of nitrogens with two attached hydrogens (primary N) is 1. The Kier molecular flexibility index (Phi) is 3.58. The highest BCUT2D eigenvalue weighted by Gasteiger charge is 2.05. The van der Waals surface area contributed by atoms with E-state index in [0.29, 0.717) is 0 Å². The standard InChI is InChI=1S/C18H14N2O2/c19-17-9-5-15(6-10-17)13-1-3-14(4-2-13)16-7-11-18(12-8-16)20(21)22/h1-12H,19H2. The first-order valence-electron chi connectivity index (χ1n) is 6.84. The van der Waals surface area contributed by atoms with Crippen molar-refractivity contribution < 1.29 is 4.92 Å². The van der Waals surface area contributed by atoms with Crippen molar-refractivity contribution >= 4 is 11.4 Å². The van der Waals surface area contributed by atoms with E-state index < -0.39 is 4.92 Å². The second kappa shape index (κ2) is 5.69. The van der Waals surface area contributed by atoms with Crippen LogP contribution in [0.5, 0.6) is 0 Å². The van der Waals surface area contributed by atoms with Gasteiger partial charge in [-0.2, -0.15) is 0 Å². The monoisotopic (exact) mass is 290 g/mol. The lowest BCUT2D eigenvalue weighted by molar-refractivity contribution is -0.384. The van der Waals surface area contributed by atoms with Crippen LogP contribution in [-0.2, 0) is 0 Å². The minimum atomic E-state index is -0.395. The van der Waals surface area contributed by atoms with Crippen molar-refractivity contribution in [2.24, 2.45) is 0 Å². The first kappa shape index (κ1) is 13.8. The Bertz CT molecular complexity index is 792. The number of rotatable bonds is 3. The molecule has 0 radical (unpaired) electrons. The lowest BCUT2D eigenvalue weighted by Crippen LogP contribution is -1.87. The molecule has 0 aromatic heterocycles. The molecule has 0 bridgehead atoms. The summed E-state index contributed by atoms with van der Waals surface area (Å²) < 4.78 is 0. The van der Waals surface area contributed by atoms with E-state index in [1.165, 1.54) is 12.1 Å². The number of nitro groups is 1. The Labute approximate surface area is 128 Å². The van der Waals surface area contributed by atoms with Gasteiger partial charge in [0.2, 0.25) is 0 Å². The van der Waals surface area contributed by atoms with Gasteiger partial charge in [-0.25, -0.2) is 0 Å². The Morgan fingerprint density at radius 1 is 0.636 bits per heavy atom. The molecule has 0 aliphatic heterocycles. The summed E-state index contributed by atoms with van der Waals surface area (Å²) in [5.41, 5.74) is 10.7. The SMILES string of the molecule is Nc1ccc(-c2ccc(-c3ccc([N+](=O)[O-])cc3)cc2)cc1. The van der Waals surface area contributed by atoms with Gasteiger partial charge in [-0.05, 0) is 46.5 Å².